The molecule has 0 amide bonds. The maximum atomic E-state index is 2.48. The van der Waals surface area contributed by atoms with Crippen molar-refractivity contribution >= 4 is 64.6 Å². The van der Waals surface area contributed by atoms with Gasteiger partial charge < -0.3 is 0 Å². The molecule has 0 heterocycles. The minimum Gasteiger partial charge on any atom is -0.0622 e. The fraction of sp³-hybridized carbons (Fsp3) is 0.0256. The van der Waals surface area contributed by atoms with Crippen molar-refractivity contribution < 1.29 is 0 Å². The Balaban J connectivity index is 1.07. The first-order chi connectivity index (χ1) is 38.6. The third kappa shape index (κ3) is 5.89. The maximum Gasteiger partial charge on any atom is -0.000718 e. The summed E-state index contributed by atoms with van der Waals surface area (Å²) in [5, 5.41) is 26.2. The van der Waals surface area contributed by atoms with Gasteiger partial charge >= 0.3 is 0 Å². The van der Waals surface area contributed by atoms with E-state index in [2.05, 4.69) is 269 Å². The van der Waals surface area contributed by atoms with Gasteiger partial charge in [-0.1, -0.05) is 266 Å². The summed E-state index contributed by atoms with van der Waals surface area (Å²) in [5.41, 5.74) is 17.6. The van der Waals surface area contributed by atoms with Crippen molar-refractivity contribution in [2.24, 2.45) is 0 Å². The summed E-state index contributed by atoms with van der Waals surface area (Å²) < 4.78 is 0. The van der Waals surface area contributed by atoms with Crippen molar-refractivity contribution in [3.05, 3.63) is 308 Å². The lowest BCUT2D eigenvalue weighted by Gasteiger charge is -2.17. The molecule has 2 aliphatic carbocycles. The standard InChI is InChI=1S/C78H48/c1-45-19-17-25-49(43-45)67-55-31-13-15-33-57(55)71(53-29-11-9-27-51(53)47-21-5-3-6-22-47)77-65-41-37-61-62-38-42-66-74-64(40-36-60(70(62)74)59-35-39-63(75(67)77)73(65)69(59)61)76-68(50-26-18-20-46(2)44-50)56-32-14-16-34-58(56)72(78(66)76)54-30-12-10-28-52(54)48-23-7-4-8-24-48/h3-44H,1-2H3. The van der Waals surface area contributed by atoms with Crippen molar-refractivity contribution in [3.8, 4) is 66.8 Å². The van der Waals surface area contributed by atoms with Crippen molar-refractivity contribution in [1.29, 1.82) is 0 Å². The highest BCUT2D eigenvalue weighted by molar-refractivity contribution is 6.33. The summed E-state index contributed by atoms with van der Waals surface area (Å²) in [7, 11) is 0. The zero-order valence-electron chi connectivity index (χ0n) is 43.2. The number of rotatable bonds is 6. The van der Waals surface area contributed by atoms with Gasteiger partial charge in [0.1, 0.15) is 0 Å². The summed E-state index contributed by atoms with van der Waals surface area (Å²) in [6.45, 7) is 4.44. The van der Waals surface area contributed by atoms with E-state index in [0.717, 1.165) is 0 Å². The molecule has 15 aromatic carbocycles. The molecule has 78 heavy (non-hydrogen) atoms. The summed E-state index contributed by atoms with van der Waals surface area (Å²) in [4.78, 5) is 0. The Labute approximate surface area is 450 Å². The molecule has 0 heteroatoms. The number of benzene rings is 15. The van der Waals surface area contributed by atoms with E-state index >= 15 is 0 Å². The third-order valence-corrected chi connectivity index (χ3v) is 17.6. The van der Waals surface area contributed by atoms with Gasteiger partial charge in [0.05, 0.1) is 0 Å². The predicted octanol–water partition coefficient (Wildman–Crippen LogP) is 20.4. The van der Waals surface area contributed by atoms with Crippen LogP contribution in [0.15, 0.2) is 255 Å². The number of hydrogen-bond donors (Lipinski definition) is 0. The molecule has 0 N–H and O–H groups in total. The highest BCUT2D eigenvalue weighted by Crippen LogP contribution is 2.50. The van der Waals surface area contributed by atoms with Gasteiger partial charge in [-0.2, -0.15) is 0 Å². The van der Waals surface area contributed by atoms with Crippen molar-refractivity contribution in [1.82, 2.24) is 0 Å². The van der Waals surface area contributed by atoms with Crippen LogP contribution in [0.5, 0.6) is 0 Å². The second-order valence-corrected chi connectivity index (χ2v) is 21.8. The van der Waals surface area contributed by atoms with Gasteiger partial charge in [-0.15, -0.1) is 0 Å². The molecule has 0 spiro atoms. The molecular weight excluding hydrogens is 937 g/mol. The molecule has 0 saturated carbocycles. The fourth-order valence-corrected chi connectivity index (χ4v) is 14.6. The van der Waals surface area contributed by atoms with Crippen LogP contribution in [0.1, 0.15) is 11.1 Å². The lowest BCUT2D eigenvalue weighted by molar-refractivity contribution is 1.45. The molecule has 360 valence electrons. The minimum absolute atomic E-state index is 1.22. The first-order valence-corrected chi connectivity index (χ1v) is 27.4. The van der Waals surface area contributed by atoms with Crippen LogP contribution in [0.3, 0.4) is 0 Å². The average molecular weight is 985 g/mol. The molecule has 0 fully saturated rings. The molecule has 15 aromatic rings. The zero-order chi connectivity index (χ0) is 51.3. The van der Waals surface area contributed by atoms with Crippen LogP contribution in [-0.4, -0.2) is 0 Å². The normalized spacial score (nSPS) is 12.2. The topological polar surface area (TPSA) is 0 Å². The van der Waals surface area contributed by atoms with Gasteiger partial charge in [-0.3, -0.25) is 0 Å². The Morgan fingerprint density at radius 3 is 0.846 bits per heavy atom. The van der Waals surface area contributed by atoms with Gasteiger partial charge in [0.15, 0.2) is 0 Å². The number of hydrogen-bond acceptors (Lipinski definition) is 0. The van der Waals surface area contributed by atoms with Crippen molar-refractivity contribution in [2.75, 3.05) is 0 Å². The predicted molar refractivity (Wildman–Crippen MR) is 328 cm³/mol. The molecule has 0 unspecified atom stereocenters. The van der Waals surface area contributed by atoms with E-state index in [9.17, 15) is 0 Å². The van der Waals surface area contributed by atoms with E-state index in [4.69, 9.17) is 0 Å². The third-order valence-electron chi connectivity index (χ3n) is 17.6. The summed E-state index contributed by atoms with van der Waals surface area (Å²) in [6, 6.07) is 96.4. The van der Waals surface area contributed by atoms with E-state index in [1.807, 2.05) is 0 Å². The highest BCUT2D eigenvalue weighted by atomic mass is 14.3. The number of fused-ring (bicyclic) bond motifs is 6. The largest absolute Gasteiger partial charge is 0.0622 e. The van der Waals surface area contributed by atoms with Crippen LogP contribution in [0, 0.1) is 55.6 Å². The van der Waals surface area contributed by atoms with Crippen LogP contribution < -0.4 is 0 Å². The molecule has 0 aromatic heterocycles. The minimum atomic E-state index is 1.22. The average Bonchev–Trinajstić information content (AvgIpc) is 4.20. The Bertz CT molecular complexity index is 5190. The van der Waals surface area contributed by atoms with Crippen molar-refractivity contribution in [2.45, 2.75) is 13.8 Å². The van der Waals surface area contributed by atoms with Gasteiger partial charge in [-0.25, -0.2) is 0 Å². The Kier molecular flexibility index (Phi) is 9.07. The second-order valence-electron chi connectivity index (χ2n) is 21.8. The second kappa shape index (κ2) is 16.3. The molecule has 0 atom stereocenters. The van der Waals surface area contributed by atoms with E-state index in [0.29, 0.717) is 0 Å². The van der Waals surface area contributed by atoms with Gasteiger partial charge in [0.2, 0.25) is 0 Å². The molecule has 2 aliphatic rings. The molecule has 0 radical (unpaired) electrons. The van der Waals surface area contributed by atoms with Crippen LogP contribution in [0.2, 0.25) is 0 Å². The quantitative estimate of drug-likeness (QED) is 0.115. The molecule has 0 bridgehead atoms. The Morgan fingerprint density at radius 2 is 0.487 bits per heavy atom. The zero-order valence-corrected chi connectivity index (χ0v) is 43.2. The Hall–Kier alpha value is -9.88. The Morgan fingerprint density at radius 1 is 0.192 bits per heavy atom. The molecular formula is C78H48. The SMILES string of the molecule is Cc1cccc(-c2c3c(c(-c4ccccc4-c4ccccc4)c4ccccc24)=c2ccc4c5ccc6c7c(ccc(c8ccc=3c2c84)c75)=c2c(-c3cccc(C)c3)c3ccccc3c(-c3ccccc3-c3ccccc3)c2=6)c1. The highest BCUT2D eigenvalue weighted by Gasteiger charge is 2.27. The maximum absolute atomic E-state index is 2.48. The van der Waals surface area contributed by atoms with Crippen LogP contribution in [0.4, 0.5) is 0 Å². The monoisotopic (exact) mass is 984 g/mol. The van der Waals surface area contributed by atoms with Crippen molar-refractivity contribution in [3.63, 3.8) is 0 Å². The van der Waals surface area contributed by atoms with E-state index in [1.165, 1.54) is 184 Å². The molecule has 17 rings (SSSR count). The van der Waals surface area contributed by atoms with Crippen LogP contribution >= 0.6 is 0 Å². The molecule has 0 aliphatic heterocycles. The first-order valence-electron chi connectivity index (χ1n) is 27.4. The van der Waals surface area contributed by atoms with Crippen LogP contribution in [0.25, 0.3) is 131 Å². The van der Waals surface area contributed by atoms with E-state index in [-0.39, 0.29) is 0 Å². The van der Waals surface area contributed by atoms with Gasteiger partial charge in [-0.05, 0) is 187 Å². The smallest absolute Gasteiger partial charge is 0.000718 e. The van der Waals surface area contributed by atoms with Gasteiger partial charge in [0, 0.05) is 0 Å². The van der Waals surface area contributed by atoms with E-state index < -0.39 is 0 Å². The fourth-order valence-electron chi connectivity index (χ4n) is 14.6. The lowest BCUT2D eigenvalue weighted by atomic mass is 9.85. The molecule has 0 nitrogen and oxygen atoms in total. The van der Waals surface area contributed by atoms with Crippen LogP contribution in [-0.2, 0) is 0 Å². The first kappa shape index (κ1) is 43.4. The van der Waals surface area contributed by atoms with E-state index in [1.54, 1.807) is 0 Å². The number of aryl methyl sites for hydroxylation is 2. The molecule has 0 saturated heterocycles. The lowest BCUT2D eigenvalue weighted by Crippen LogP contribution is -1.94. The summed E-state index contributed by atoms with van der Waals surface area (Å²) >= 11 is 0. The summed E-state index contributed by atoms with van der Waals surface area (Å²) in [5.74, 6) is 0. The van der Waals surface area contributed by atoms with Gasteiger partial charge in [0.25, 0.3) is 0 Å². The summed E-state index contributed by atoms with van der Waals surface area (Å²) in [6.07, 6.45) is 0.